The zero-order chi connectivity index (χ0) is 15.2. The van der Waals surface area contributed by atoms with Crippen molar-refractivity contribution >= 4 is 11.7 Å². The van der Waals surface area contributed by atoms with Gasteiger partial charge in [-0.1, -0.05) is 0 Å². The van der Waals surface area contributed by atoms with Crippen LogP contribution in [0.4, 0.5) is 5.82 Å². The molecule has 0 aliphatic carbocycles. The summed E-state index contributed by atoms with van der Waals surface area (Å²) in [5.41, 5.74) is 0. The molecule has 0 spiro atoms. The van der Waals surface area contributed by atoms with Gasteiger partial charge in [-0.05, 0) is 41.1 Å². The van der Waals surface area contributed by atoms with Crippen LogP contribution in [0.1, 0.15) is 12.7 Å². The molecule has 0 fully saturated rings. The van der Waals surface area contributed by atoms with Crippen LogP contribution in [-0.2, 0) is 11.3 Å². The van der Waals surface area contributed by atoms with Gasteiger partial charge in [0.15, 0.2) is 6.10 Å². The molecule has 0 saturated heterocycles. The van der Waals surface area contributed by atoms with Gasteiger partial charge in [-0.15, -0.1) is 0 Å². The summed E-state index contributed by atoms with van der Waals surface area (Å²) in [5, 5.41) is 13.4. The summed E-state index contributed by atoms with van der Waals surface area (Å²) in [6.07, 6.45) is 1.88. The molecule has 0 aliphatic heterocycles. The third kappa shape index (κ3) is 3.78. The number of ether oxygens (including phenoxy) is 1. The number of aromatic nitrogens is 1. The molecule has 2 rings (SSSR count). The number of nitro groups is 1. The Balaban J connectivity index is 1.96. The van der Waals surface area contributed by atoms with Gasteiger partial charge in [0.05, 0.1) is 12.8 Å². The van der Waals surface area contributed by atoms with Crippen molar-refractivity contribution in [3.05, 3.63) is 52.6 Å². The Morgan fingerprint density at radius 3 is 3.00 bits per heavy atom. The number of pyridine rings is 1. The predicted octanol–water partition coefficient (Wildman–Crippen LogP) is 1.67. The lowest BCUT2D eigenvalue weighted by molar-refractivity contribution is -0.390. The van der Waals surface area contributed by atoms with Crippen LogP contribution in [0, 0.1) is 10.1 Å². The van der Waals surface area contributed by atoms with Crippen molar-refractivity contribution in [3.8, 4) is 5.75 Å². The summed E-state index contributed by atoms with van der Waals surface area (Å²) in [4.78, 5) is 25.6. The van der Waals surface area contributed by atoms with Crippen LogP contribution in [0.5, 0.6) is 5.75 Å². The van der Waals surface area contributed by atoms with Crippen molar-refractivity contribution in [1.82, 2.24) is 10.3 Å². The Labute approximate surface area is 119 Å². The molecule has 21 heavy (non-hydrogen) atoms. The Kier molecular flexibility index (Phi) is 4.50. The number of furan rings is 1. The monoisotopic (exact) mass is 291 g/mol. The molecule has 110 valence electrons. The Morgan fingerprint density at radius 2 is 2.33 bits per heavy atom. The zero-order valence-electron chi connectivity index (χ0n) is 11.2. The van der Waals surface area contributed by atoms with Crippen LogP contribution in [-0.4, -0.2) is 21.9 Å². The van der Waals surface area contributed by atoms with Crippen LogP contribution >= 0.6 is 0 Å². The summed E-state index contributed by atoms with van der Waals surface area (Å²) in [6.45, 7) is 1.71. The van der Waals surface area contributed by atoms with Gasteiger partial charge < -0.3 is 24.6 Å². The van der Waals surface area contributed by atoms with E-state index in [0.717, 1.165) is 0 Å². The molecule has 8 nitrogen and oxygen atoms in total. The van der Waals surface area contributed by atoms with Gasteiger partial charge in [-0.2, -0.15) is 0 Å². The summed E-state index contributed by atoms with van der Waals surface area (Å²) in [7, 11) is 0. The van der Waals surface area contributed by atoms with E-state index in [-0.39, 0.29) is 12.3 Å². The van der Waals surface area contributed by atoms with Gasteiger partial charge in [-0.25, -0.2) is 0 Å². The average Bonchev–Trinajstić information content (AvgIpc) is 2.98. The molecule has 0 saturated carbocycles. The fourth-order valence-electron chi connectivity index (χ4n) is 1.59. The maximum absolute atomic E-state index is 11.9. The molecule has 1 unspecified atom stereocenters. The van der Waals surface area contributed by atoms with Crippen LogP contribution in [0.3, 0.4) is 0 Å². The third-order valence-electron chi connectivity index (χ3n) is 2.61. The molecule has 0 radical (unpaired) electrons. The molecule has 1 amide bonds. The third-order valence-corrected chi connectivity index (χ3v) is 2.61. The van der Waals surface area contributed by atoms with Gasteiger partial charge in [0.25, 0.3) is 5.91 Å². The molecule has 0 aromatic carbocycles. The van der Waals surface area contributed by atoms with Gasteiger partial charge in [0, 0.05) is 0 Å². The van der Waals surface area contributed by atoms with E-state index in [1.165, 1.54) is 31.5 Å². The highest BCUT2D eigenvalue weighted by molar-refractivity contribution is 5.80. The first kappa shape index (κ1) is 14.5. The van der Waals surface area contributed by atoms with Crippen molar-refractivity contribution in [3.63, 3.8) is 0 Å². The molecule has 0 aliphatic rings. The highest BCUT2D eigenvalue weighted by Crippen LogP contribution is 2.23. The van der Waals surface area contributed by atoms with E-state index in [4.69, 9.17) is 9.15 Å². The number of rotatable bonds is 6. The zero-order valence-corrected chi connectivity index (χ0v) is 11.2. The first-order valence-corrected chi connectivity index (χ1v) is 6.14. The highest BCUT2D eigenvalue weighted by Gasteiger charge is 2.21. The molecular weight excluding hydrogens is 278 g/mol. The van der Waals surface area contributed by atoms with Crippen LogP contribution in [0.15, 0.2) is 41.1 Å². The van der Waals surface area contributed by atoms with Crippen molar-refractivity contribution in [2.24, 2.45) is 0 Å². The van der Waals surface area contributed by atoms with E-state index >= 15 is 0 Å². The fourth-order valence-corrected chi connectivity index (χ4v) is 1.59. The van der Waals surface area contributed by atoms with E-state index in [1.807, 2.05) is 0 Å². The number of amides is 1. The predicted molar refractivity (Wildman–Crippen MR) is 71.5 cm³/mol. The van der Waals surface area contributed by atoms with E-state index in [0.29, 0.717) is 5.76 Å². The number of carbonyl (C=O) groups is 1. The molecule has 0 bridgehead atoms. The summed E-state index contributed by atoms with van der Waals surface area (Å²) in [5.74, 6) is -0.293. The first-order valence-electron chi connectivity index (χ1n) is 6.14. The standard InChI is InChI=1S/C13H13N3O5/c1-9(13(17)15-8-10-4-3-7-20-10)21-11-5-2-6-14-12(11)16(18)19/h2-7,9H,8H2,1H3,(H,15,17). The van der Waals surface area contributed by atoms with Gasteiger partial charge in [0.1, 0.15) is 12.0 Å². The minimum atomic E-state index is -0.900. The van der Waals surface area contributed by atoms with Gasteiger partial charge >= 0.3 is 5.82 Å². The number of carbonyl (C=O) groups excluding carboxylic acids is 1. The smallest absolute Gasteiger partial charge is 0.406 e. The van der Waals surface area contributed by atoms with Crippen molar-refractivity contribution < 1.29 is 18.9 Å². The molecule has 8 heteroatoms. The largest absolute Gasteiger partial charge is 0.473 e. The van der Waals surface area contributed by atoms with Gasteiger partial charge in [-0.3, -0.25) is 4.79 Å². The molecule has 1 N–H and O–H groups in total. The molecule has 2 aromatic rings. The number of nitrogens with zero attached hydrogens (tertiary/aromatic N) is 2. The van der Waals surface area contributed by atoms with E-state index < -0.39 is 22.8 Å². The minimum Gasteiger partial charge on any atom is -0.473 e. The normalized spacial score (nSPS) is 11.7. The minimum absolute atomic E-state index is 0.0526. The maximum Gasteiger partial charge on any atom is 0.406 e. The number of hydrogen-bond acceptors (Lipinski definition) is 6. The quantitative estimate of drug-likeness (QED) is 0.640. The van der Waals surface area contributed by atoms with Crippen molar-refractivity contribution in [2.75, 3.05) is 0 Å². The lowest BCUT2D eigenvalue weighted by atomic mass is 10.3. The lowest BCUT2D eigenvalue weighted by Crippen LogP contribution is -2.35. The molecule has 2 heterocycles. The molecule has 1 atom stereocenters. The molecule has 2 aromatic heterocycles. The fraction of sp³-hybridized carbons (Fsp3) is 0.231. The Morgan fingerprint density at radius 1 is 1.52 bits per heavy atom. The van der Waals surface area contributed by atoms with Crippen molar-refractivity contribution in [2.45, 2.75) is 19.6 Å². The lowest BCUT2D eigenvalue weighted by Gasteiger charge is -2.13. The van der Waals surface area contributed by atoms with Crippen LogP contribution < -0.4 is 10.1 Å². The SMILES string of the molecule is CC(Oc1cccnc1[N+](=O)[O-])C(=O)NCc1ccco1. The van der Waals surface area contributed by atoms with Crippen molar-refractivity contribution in [1.29, 1.82) is 0 Å². The number of nitrogens with one attached hydrogen (secondary N) is 1. The Bertz CT molecular complexity index is 626. The highest BCUT2D eigenvalue weighted by atomic mass is 16.6. The van der Waals surface area contributed by atoms with Crippen LogP contribution in [0.25, 0.3) is 0 Å². The van der Waals surface area contributed by atoms with Crippen LogP contribution in [0.2, 0.25) is 0 Å². The summed E-state index contributed by atoms with van der Waals surface area (Å²) >= 11 is 0. The van der Waals surface area contributed by atoms with E-state index in [9.17, 15) is 14.9 Å². The van der Waals surface area contributed by atoms with E-state index in [2.05, 4.69) is 10.3 Å². The Hall–Kier alpha value is -2.90. The first-order chi connectivity index (χ1) is 10.1. The number of hydrogen-bond donors (Lipinski definition) is 1. The topological polar surface area (TPSA) is 108 Å². The second-order valence-corrected chi connectivity index (χ2v) is 4.14. The maximum atomic E-state index is 11.9. The van der Waals surface area contributed by atoms with Gasteiger partial charge in [0.2, 0.25) is 5.75 Å². The van der Waals surface area contributed by atoms with E-state index in [1.54, 1.807) is 12.1 Å². The second kappa shape index (κ2) is 6.51. The molecular formula is C13H13N3O5. The average molecular weight is 291 g/mol. The summed E-state index contributed by atoms with van der Waals surface area (Å²) < 4.78 is 10.4. The summed E-state index contributed by atoms with van der Waals surface area (Å²) in [6, 6.07) is 6.31. The second-order valence-electron chi connectivity index (χ2n) is 4.14.